The average molecular weight is 333 g/mol. The normalized spacial score (nSPS) is 29.9. The summed E-state index contributed by atoms with van der Waals surface area (Å²) in [6, 6.07) is 10.4. The molecule has 1 atom stereocenters. The lowest BCUT2D eigenvalue weighted by molar-refractivity contribution is -0.119. The number of carbonyl (C=O) groups excluding carboxylic acids is 1. The highest BCUT2D eigenvalue weighted by molar-refractivity contribution is 6.01. The van der Waals surface area contributed by atoms with Gasteiger partial charge in [0.2, 0.25) is 0 Å². The maximum atomic E-state index is 13.4. The summed E-state index contributed by atoms with van der Waals surface area (Å²) >= 11 is 0. The van der Waals surface area contributed by atoms with Gasteiger partial charge in [0.05, 0.1) is 6.54 Å². The number of nitrogens with one attached hydrogen (secondary N) is 1. The maximum absolute atomic E-state index is 13.4. The fourth-order valence-corrected chi connectivity index (χ4v) is 5.48. The van der Waals surface area contributed by atoms with E-state index in [2.05, 4.69) is 46.7 Å². The third kappa shape index (κ3) is 2.03. The Morgan fingerprint density at radius 2 is 1.84 bits per heavy atom. The molecule has 0 bridgehead atoms. The summed E-state index contributed by atoms with van der Waals surface area (Å²) in [6.07, 6.45) is 6.52. The second kappa shape index (κ2) is 5.13. The predicted octanol–water partition coefficient (Wildman–Crippen LogP) is 4.40. The van der Waals surface area contributed by atoms with Crippen LogP contribution in [-0.4, -0.2) is 12.3 Å². The van der Waals surface area contributed by atoms with Gasteiger partial charge in [-0.15, -0.1) is 5.11 Å². The Morgan fingerprint density at radius 3 is 2.60 bits per heavy atom. The molecular weight excluding hydrogens is 310 g/mol. The molecule has 0 saturated heterocycles. The molecule has 25 heavy (non-hydrogen) atoms. The molecule has 0 aromatic heterocycles. The highest BCUT2D eigenvalue weighted by atomic mass is 16.1. The number of dihydropyridines is 1. The fraction of sp³-hybridized carbons (Fsp3) is 0.476. The molecule has 128 valence electrons. The van der Waals surface area contributed by atoms with Crippen molar-refractivity contribution in [1.29, 1.82) is 0 Å². The molecule has 1 aromatic rings. The SMILES string of the molecule is CC1(c2ccccc2)C2=C(N=NC2)NC2=C1C(=O)CC1(CCCC1)C2. The van der Waals surface area contributed by atoms with Crippen LogP contribution in [0.2, 0.25) is 0 Å². The number of hydrogen-bond donors (Lipinski definition) is 1. The zero-order valence-corrected chi connectivity index (χ0v) is 14.6. The van der Waals surface area contributed by atoms with Gasteiger partial charge in [0.25, 0.3) is 0 Å². The van der Waals surface area contributed by atoms with Crippen molar-refractivity contribution in [3.05, 3.63) is 58.6 Å². The van der Waals surface area contributed by atoms with E-state index in [1.54, 1.807) is 0 Å². The number of rotatable bonds is 1. The standard InChI is InChI=1S/C21H23N3O/c1-20(14-7-3-2-4-8-14)15-13-22-24-19(15)23-16-11-21(9-5-6-10-21)12-17(25)18(16)20/h2-4,7-8,23H,5-6,9-13H2,1H3. The molecule has 4 nitrogen and oxygen atoms in total. The number of Topliss-reactive ketones (excluding diaryl/α,β-unsaturated/α-hetero) is 1. The van der Waals surface area contributed by atoms with E-state index in [4.69, 9.17) is 0 Å². The molecule has 1 aromatic carbocycles. The quantitative estimate of drug-likeness (QED) is 0.828. The van der Waals surface area contributed by atoms with Gasteiger partial charge in [0.15, 0.2) is 11.6 Å². The van der Waals surface area contributed by atoms with Gasteiger partial charge < -0.3 is 5.32 Å². The molecule has 4 heteroatoms. The Hall–Kier alpha value is -2.23. The molecule has 2 aliphatic heterocycles. The van der Waals surface area contributed by atoms with Crippen LogP contribution >= 0.6 is 0 Å². The van der Waals surface area contributed by atoms with Crippen LogP contribution in [0.25, 0.3) is 0 Å². The van der Waals surface area contributed by atoms with Gasteiger partial charge in [-0.1, -0.05) is 43.2 Å². The van der Waals surface area contributed by atoms with E-state index in [1.165, 1.54) is 31.2 Å². The number of allylic oxidation sites excluding steroid dienone is 2. The second-order valence-corrected chi connectivity index (χ2v) is 8.18. The van der Waals surface area contributed by atoms with Crippen molar-refractivity contribution in [2.45, 2.75) is 50.9 Å². The van der Waals surface area contributed by atoms with E-state index in [0.717, 1.165) is 29.1 Å². The van der Waals surface area contributed by atoms with Crippen molar-refractivity contribution in [3.8, 4) is 0 Å². The third-order valence-corrected chi connectivity index (χ3v) is 6.74. The molecule has 1 saturated carbocycles. The van der Waals surface area contributed by atoms with Crippen LogP contribution in [-0.2, 0) is 10.2 Å². The van der Waals surface area contributed by atoms with Crippen molar-refractivity contribution in [2.75, 3.05) is 6.54 Å². The van der Waals surface area contributed by atoms with Crippen molar-refractivity contribution >= 4 is 5.78 Å². The Kier molecular flexibility index (Phi) is 3.09. The van der Waals surface area contributed by atoms with Crippen molar-refractivity contribution in [3.63, 3.8) is 0 Å². The van der Waals surface area contributed by atoms with Crippen LogP contribution in [0.5, 0.6) is 0 Å². The van der Waals surface area contributed by atoms with Gasteiger partial charge in [0, 0.05) is 28.7 Å². The topological polar surface area (TPSA) is 53.8 Å². The molecule has 1 unspecified atom stereocenters. The molecule has 1 N–H and O–H groups in total. The van der Waals surface area contributed by atoms with Gasteiger partial charge in [-0.05, 0) is 37.2 Å². The molecule has 0 radical (unpaired) electrons. The highest BCUT2D eigenvalue weighted by Crippen LogP contribution is 2.55. The maximum Gasteiger partial charge on any atom is 0.162 e. The van der Waals surface area contributed by atoms with Crippen molar-refractivity contribution in [1.82, 2.24) is 5.32 Å². The molecule has 0 amide bonds. The first-order chi connectivity index (χ1) is 12.1. The zero-order valence-electron chi connectivity index (χ0n) is 14.6. The minimum absolute atomic E-state index is 0.175. The number of azo groups is 1. The summed E-state index contributed by atoms with van der Waals surface area (Å²) in [5, 5.41) is 12.1. The fourth-order valence-electron chi connectivity index (χ4n) is 5.48. The second-order valence-electron chi connectivity index (χ2n) is 8.18. The number of ketones is 1. The van der Waals surface area contributed by atoms with Crippen LogP contribution < -0.4 is 5.32 Å². The van der Waals surface area contributed by atoms with E-state index >= 15 is 0 Å². The number of hydrogen-bond acceptors (Lipinski definition) is 4. The Bertz CT molecular complexity index is 843. The molecule has 2 aliphatic carbocycles. The molecule has 4 aliphatic rings. The first kappa shape index (κ1) is 15.1. The first-order valence-corrected chi connectivity index (χ1v) is 9.33. The summed E-state index contributed by atoms with van der Waals surface area (Å²) in [4.78, 5) is 13.4. The van der Waals surface area contributed by atoms with E-state index in [1.807, 2.05) is 6.07 Å². The minimum Gasteiger partial charge on any atom is -0.342 e. The largest absolute Gasteiger partial charge is 0.342 e. The molecule has 1 fully saturated rings. The summed E-state index contributed by atoms with van der Waals surface area (Å²) in [7, 11) is 0. The van der Waals surface area contributed by atoms with Gasteiger partial charge in [0.1, 0.15) is 0 Å². The van der Waals surface area contributed by atoms with E-state index in [9.17, 15) is 4.79 Å². The lowest BCUT2D eigenvalue weighted by Gasteiger charge is -2.45. The van der Waals surface area contributed by atoms with Crippen LogP contribution in [0.3, 0.4) is 0 Å². The Balaban J connectivity index is 1.69. The lowest BCUT2D eigenvalue weighted by Crippen LogP contribution is -2.45. The number of benzene rings is 1. The van der Waals surface area contributed by atoms with Gasteiger partial charge in [-0.25, -0.2) is 0 Å². The summed E-state index contributed by atoms with van der Waals surface area (Å²) in [5.41, 5.74) is 4.12. The van der Waals surface area contributed by atoms with Crippen LogP contribution in [0.4, 0.5) is 0 Å². The summed E-state index contributed by atoms with van der Waals surface area (Å²) in [6.45, 7) is 2.76. The van der Waals surface area contributed by atoms with Crippen LogP contribution in [0.15, 0.2) is 63.2 Å². The van der Waals surface area contributed by atoms with E-state index in [-0.39, 0.29) is 5.41 Å². The van der Waals surface area contributed by atoms with Gasteiger partial charge in [-0.3, -0.25) is 4.79 Å². The van der Waals surface area contributed by atoms with E-state index < -0.39 is 5.41 Å². The lowest BCUT2D eigenvalue weighted by atomic mass is 9.60. The summed E-state index contributed by atoms with van der Waals surface area (Å²) < 4.78 is 0. The molecule has 1 spiro atoms. The Morgan fingerprint density at radius 1 is 1.08 bits per heavy atom. The Labute approximate surface area is 148 Å². The number of nitrogens with zero attached hydrogens (tertiary/aromatic N) is 2. The predicted molar refractivity (Wildman–Crippen MR) is 95.8 cm³/mol. The van der Waals surface area contributed by atoms with E-state index in [0.29, 0.717) is 18.7 Å². The molecular formula is C21H23N3O. The van der Waals surface area contributed by atoms with Gasteiger partial charge >= 0.3 is 0 Å². The zero-order chi connectivity index (χ0) is 17.1. The minimum atomic E-state index is -0.419. The summed E-state index contributed by atoms with van der Waals surface area (Å²) in [5.74, 6) is 1.19. The van der Waals surface area contributed by atoms with Crippen LogP contribution in [0, 0.1) is 5.41 Å². The highest BCUT2D eigenvalue weighted by Gasteiger charge is 2.51. The average Bonchev–Trinajstić information content (AvgIpc) is 3.25. The third-order valence-electron chi connectivity index (χ3n) is 6.74. The van der Waals surface area contributed by atoms with Gasteiger partial charge in [-0.2, -0.15) is 5.11 Å². The number of carbonyl (C=O) groups is 1. The molecule has 2 heterocycles. The van der Waals surface area contributed by atoms with Crippen LogP contribution in [0.1, 0.15) is 51.0 Å². The monoisotopic (exact) mass is 333 g/mol. The smallest absolute Gasteiger partial charge is 0.162 e. The van der Waals surface area contributed by atoms with Crippen molar-refractivity contribution < 1.29 is 4.79 Å². The van der Waals surface area contributed by atoms with Crippen molar-refractivity contribution in [2.24, 2.45) is 15.6 Å². The molecule has 5 rings (SSSR count). The first-order valence-electron chi connectivity index (χ1n) is 9.33.